The van der Waals surface area contributed by atoms with Crippen LogP contribution in [0.3, 0.4) is 0 Å². The molecule has 12 heteroatoms. The fourth-order valence-corrected chi connectivity index (χ4v) is 3.13. The zero-order chi connectivity index (χ0) is 26.9. The number of alkyl halides is 3. The smallest absolute Gasteiger partial charge is 0.390 e. The molecule has 0 fully saturated rings. The van der Waals surface area contributed by atoms with Gasteiger partial charge in [-0.3, -0.25) is 9.79 Å². The Hall–Kier alpha value is -3.73. The van der Waals surface area contributed by atoms with Crippen molar-refractivity contribution < 1.29 is 27.1 Å². The second kappa shape index (κ2) is 12.8. The molecule has 0 bridgehead atoms. The van der Waals surface area contributed by atoms with Gasteiger partial charge in [-0.2, -0.15) is 13.2 Å². The lowest BCUT2D eigenvalue weighted by atomic mass is 10.2. The van der Waals surface area contributed by atoms with Crippen LogP contribution in [0.15, 0.2) is 53.8 Å². The molecule has 0 saturated carbocycles. The number of carbonyl (C=O) groups is 1. The van der Waals surface area contributed by atoms with E-state index in [1.165, 1.54) is 36.4 Å². The summed E-state index contributed by atoms with van der Waals surface area (Å²) in [5, 5.41) is 2.54. The van der Waals surface area contributed by atoms with Crippen LogP contribution in [0.25, 0.3) is 0 Å². The standard InChI is InChI=1S/C22H18ClF4N5O2.C2H6/c1-28-17-10-14(34-2)4-6-18(17)32(8-7-22(25,26)27)20-12-29-19(11-30-20)31-21(33)15-9-13(23)3-5-16(15)24;1-2/h3-6,9-12H,1,7-8H2,2H3,(H,29,31,33);1-2H3. The number of hydrogen-bond donors (Lipinski definition) is 1. The Morgan fingerprint density at radius 3 is 2.47 bits per heavy atom. The number of hydrogen-bond acceptors (Lipinski definition) is 6. The summed E-state index contributed by atoms with van der Waals surface area (Å²) in [4.78, 5) is 25.6. The van der Waals surface area contributed by atoms with Gasteiger partial charge in [-0.25, -0.2) is 14.4 Å². The summed E-state index contributed by atoms with van der Waals surface area (Å²) in [6.07, 6.45) is -3.24. The zero-order valence-electron chi connectivity index (χ0n) is 19.7. The molecule has 0 saturated heterocycles. The molecule has 1 aromatic heterocycles. The lowest BCUT2D eigenvalue weighted by molar-refractivity contribution is -0.132. The van der Waals surface area contributed by atoms with Gasteiger partial charge < -0.3 is 15.0 Å². The number of halogens is 5. The minimum Gasteiger partial charge on any atom is -0.497 e. The van der Waals surface area contributed by atoms with E-state index in [4.69, 9.17) is 16.3 Å². The number of aromatic nitrogens is 2. The van der Waals surface area contributed by atoms with Gasteiger partial charge in [0.25, 0.3) is 5.91 Å². The van der Waals surface area contributed by atoms with Gasteiger partial charge in [0.1, 0.15) is 11.6 Å². The molecular formula is C24H24ClF4N5O2. The Morgan fingerprint density at radius 1 is 1.17 bits per heavy atom. The first-order chi connectivity index (χ1) is 17.1. The SMILES string of the molecule is C=Nc1cc(OC)ccc1N(CCC(F)(F)F)c1cnc(NC(=O)c2cc(Cl)ccc2F)cn1.CC. The van der Waals surface area contributed by atoms with Crippen LogP contribution in [-0.2, 0) is 0 Å². The average molecular weight is 526 g/mol. The van der Waals surface area contributed by atoms with Gasteiger partial charge in [0.2, 0.25) is 0 Å². The molecule has 0 atom stereocenters. The highest BCUT2D eigenvalue weighted by molar-refractivity contribution is 6.31. The van der Waals surface area contributed by atoms with E-state index in [0.29, 0.717) is 11.4 Å². The maximum Gasteiger partial charge on any atom is 0.390 e. The highest BCUT2D eigenvalue weighted by atomic mass is 35.5. The van der Waals surface area contributed by atoms with Crippen LogP contribution in [0, 0.1) is 5.82 Å². The van der Waals surface area contributed by atoms with E-state index < -0.39 is 30.9 Å². The number of nitrogens with one attached hydrogen (secondary N) is 1. The summed E-state index contributed by atoms with van der Waals surface area (Å²) in [5.41, 5.74) is 0.273. The van der Waals surface area contributed by atoms with Gasteiger partial charge in [-0.1, -0.05) is 25.4 Å². The van der Waals surface area contributed by atoms with Crippen molar-refractivity contribution in [2.24, 2.45) is 4.99 Å². The van der Waals surface area contributed by atoms with Crippen molar-refractivity contribution in [1.82, 2.24) is 9.97 Å². The number of methoxy groups -OCH3 is 1. The number of rotatable bonds is 8. The Balaban J connectivity index is 0.00000222. The second-order valence-corrected chi connectivity index (χ2v) is 7.30. The second-order valence-electron chi connectivity index (χ2n) is 6.87. The van der Waals surface area contributed by atoms with Gasteiger partial charge >= 0.3 is 6.18 Å². The van der Waals surface area contributed by atoms with Crippen molar-refractivity contribution >= 4 is 47.2 Å². The van der Waals surface area contributed by atoms with Crippen LogP contribution in [0.4, 0.5) is 40.6 Å². The average Bonchev–Trinajstić information content (AvgIpc) is 2.87. The van der Waals surface area contributed by atoms with Crippen molar-refractivity contribution in [2.45, 2.75) is 26.4 Å². The molecule has 0 radical (unpaired) electrons. The van der Waals surface area contributed by atoms with E-state index in [0.717, 1.165) is 18.3 Å². The summed E-state index contributed by atoms with van der Waals surface area (Å²) in [6, 6.07) is 8.10. The molecule has 36 heavy (non-hydrogen) atoms. The van der Waals surface area contributed by atoms with Crippen molar-refractivity contribution in [3.05, 3.63) is 65.2 Å². The van der Waals surface area contributed by atoms with Crippen molar-refractivity contribution in [2.75, 3.05) is 23.9 Å². The predicted molar refractivity (Wildman–Crippen MR) is 133 cm³/mol. The molecule has 0 unspecified atom stereocenters. The number of aliphatic imine (C=N–C) groups is 1. The summed E-state index contributed by atoms with van der Waals surface area (Å²) in [7, 11) is 1.44. The normalized spacial score (nSPS) is 10.7. The lowest BCUT2D eigenvalue weighted by Crippen LogP contribution is -2.25. The Kier molecular flexibility index (Phi) is 10.2. The monoisotopic (exact) mass is 525 g/mol. The Labute approximate surface area is 210 Å². The lowest BCUT2D eigenvalue weighted by Gasteiger charge is -2.25. The highest BCUT2D eigenvalue weighted by Crippen LogP contribution is 2.37. The number of carbonyl (C=O) groups excluding carboxylic acids is 1. The first kappa shape index (κ1) is 28.5. The molecule has 0 aliphatic carbocycles. The van der Waals surface area contributed by atoms with E-state index in [9.17, 15) is 22.4 Å². The van der Waals surface area contributed by atoms with E-state index in [2.05, 4.69) is 27.0 Å². The fourth-order valence-electron chi connectivity index (χ4n) is 2.96. The van der Waals surface area contributed by atoms with Gasteiger partial charge in [0.05, 0.1) is 42.9 Å². The third-order valence-electron chi connectivity index (χ3n) is 4.59. The van der Waals surface area contributed by atoms with E-state index in [-0.39, 0.29) is 27.9 Å². The first-order valence-corrected chi connectivity index (χ1v) is 11.1. The van der Waals surface area contributed by atoms with Gasteiger partial charge in [0, 0.05) is 17.6 Å². The molecule has 1 heterocycles. The third-order valence-corrected chi connectivity index (χ3v) is 4.83. The van der Waals surface area contributed by atoms with Crippen molar-refractivity contribution in [3.63, 3.8) is 0 Å². The third kappa shape index (κ3) is 7.64. The summed E-state index contributed by atoms with van der Waals surface area (Å²) < 4.78 is 58.0. The molecule has 1 amide bonds. The Bertz CT molecular complexity index is 1190. The molecule has 192 valence electrons. The highest BCUT2D eigenvalue weighted by Gasteiger charge is 2.29. The molecule has 1 N–H and O–H groups in total. The van der Waals surface area contributed by atoms with Crippen LogP contribution < -0.4 is 15.0 Å². The molecule has 0 aliphatic heterocycles. The maximum absolute atomic E-state index is 13.9. The predicted octanol–water partition coefficient (Wildman–Crippen LogP) is 6.98. The number of benzene rings is 2. The number of nitrogens with zero attached hydrogens (tertiary/aromatic N) is 4. The topological polar surface area (TPSA) is 79.7 Å². The summed E-state index contributed by atoms with van der Waals surface area (Å²) in [5.74, 6) is -1.13. The number of ether oxygens (including phenoxy) is 1. The largest absolute Gasteiger partial charge is 0.497 e. The molecule has 0 aliphatic rings. The fraction of sp³-hybridized carbons (Fsp3) is 0.250. The quantitative estimate of drug-likeness (QED) is 0.253. The van der Waals surface area contributed by atoms with E-state index in [1.807, 2.05) is 13.8 Å². The minimum atomic E-state index is -4.42. The first-order valence-electron chi connectivity index (χ1n) is 10.7. The van der Waals surface area contributed by atoms with Crippen LogP contribution in [0.5, 0.6) is 5.75 Å². The van der Waals surface area contributed by atoms with Crippen LogP contribution in [-0.4, -0.2) is 42.4 Å². The van der Waals surface area contributed by atoms with Crippen LogP contribution in [0.1, 0.15) is 30.6 Å². The summed E-state index contributed by atoms with van der Waals surface area (Å²) >= 11 is 5.80. The van der Waals surface area contributed by atoms with Gasteiger partial charge in [-0.15, -0.1) is 0 Å². The number of anilines is 3. The van der Waals surface area contributed by atoms with Gasteiger partial charge in [0.15, 0.2) is 11.6 Å². The molecule has 3 aromatic rings. The van der Waals surface area contributed by atoms with Crippen LogP contribution in [0.2, 0.25) is 5.02 Å². The van der Waals surface area contributed by atoms with Crippen molar-refractivity contribution in [1.29, 1.82) is 0 Å². The number of amides is 1. The Morgan fingerprint density at radius 2 is 1.89 bits per heavy atom. The van der Waals surface area contributed by atoms with Gasteiger partial charge in [-0.05, 0) is 37.0 Å². The molecule has 2 aromatic carbocycles. The maximum atomic E-state index is 13.9. The van der Waals surface area contributed by atoms with E-state index in [1.54, 1.807) is 6.07 Å². The molecule has 0 spiro atoms. The summed E-state index contributed by atoms with van der Waals surface area (Å²) in [6.45, 7) is 6.98. The van der Waals surface area contributed by atoms with E-state index >= 15 is 0 Å². The minimum absolute atomic E-state index is 0.0410. The molecular weight excluding hydrogens is 502 g/mol. The molecule has 7 nitrogen and oxygen atoms in total. The zero-order valence-corrected chi connectivity index (χ0v) is 20.5. The van der Waals surface area contributed by atoms with Crippen LogP contribution >= 0.6 is 11.6 Å². The van der Waals surface area contributed by atoms with Crippen molar-refractivity contribution in [3.8, 4) is 5.75 Å². The molecule has 3 rings (SSSR count).